The summed E-state index contributed by atoms with van der Waals surface area (Å²) in [5.74, 6) is 0.925. The van der Waals surface area contributed by atoms with Crippen LogP contribution < -0.4 is 4.74 Å². The maximum atomic E-state index is 13.5. The second-order valence-electron chi connectivity index (χ2n) is 9.13. The summed E-state index contributed by atoms with van der Waals surface area (Å²) in [6, 6.07) is 7.47. The second-order valence-corrected chi connectivity index (χ2v) is 10.5. The summed E-state index contributed by atoms with van der Waals surface area (Å²) in [5, 5.41) is 2.77. The van der Waals surface area contributed by atoms with Crippen molar-refractivity contribution < 1.29 is 19.1 Å². The average molecular weight is 507 g/mol. The molecule has 2 heterocycles. The molecule has 0 fully saturated rings. The Morgan fingerprint density at radius 2 is 2.09 bits per heavy atom. The zero-order valence-electron chi connectivity index (χ0n) is 20.5. The highest BCUT2D eigenvalue weighted by Gasteiger charge is 2.33. The molecule has 0 N–H and O–H groups in total. The molecular weight excluding hydrogens is 472 g/mol. The SMILES string of the molecule is COCCCN(CC(=O)N1CCc2sccc2[C@H]1COc1ccc(Cl)c(C)c1)C(=O)CC(C)C. The van der Waals surface area contributed by atoms with Crippen LogP contribution in [0, 0.1) is 12.8 Å². The van der Waals surface area contributed by atoms with Gasteiger partial charge in [0, 0.05) is 43.1 Å². The summed E-state index contributed by atoms with van der Waals surface area (Å²) in [5.41, 5.74) is 2.08. The van der Waals surface area contributed by atoms with E-state index in [0.717, 1.165) is 23.3 Å². The molecule has 1 atom stereocenters. The molecule has 0 unspecified atom stereocenters. The van der Waals surface area contributed by atoms with Gasteiger partial charge in [0.2, 0.25) is 11.8 Å². The van der Waals surface area contributed by atoms with Gasteiger partial charge in [0.25, 0.3) is 0 Å². The van der Waals surface area contributed by atoms with E-state index in [1.807, 2.05) is 43.9 Å². The quantitative estimate of drug-likeness (QED) is 0.396. The molecule has 0 radical (unpaired) electrons. The Morgan fingerprint density at radius 1 is 1.29 bits per heavy atom. The number of rotatable bonds is 11. The van der Waals surface area contributed by atoms with Gasteiger partial charge in [0.1, 0.15) is 12.4 Å². The maximum Gasteiger partial charge on any atom is 0.242 e. The summed E-state index contributed by atoms with van der Waals surface area (Å²) in [4.78, 5) is 31.2. The zero-order chi connectivity index (χ0) is 24.7. The first-order valence-corrected chi connectivity index (χ1v) is 13.1. The predicted octanol–water partition coefficient (Wildman–Crippen LogP) is 5.13. The summed E-state index contributed by atoms with van der Waals surface area (Å²) in [6.07, 6.45) is 1.95. The first kappa shape index (κ1) is 26.5. The van der Waals surface area contributed by atoms with Crippen molar-refractivity contribution in [3.05, 3.63) is 50.7 Å². The van der Waals surface area contributed by atoms with E-state index in [1.54, 1.807) is 23.3 Å². The number of thiophene rings is 1. The first-order chi connectivity index (χ1) is 16.3. The lowest BCUT2D eigenvalue weighted by molar-refractivity contribution is -0.143. The summed E-state index contributed by atoms with van der Waals surface area (Å²) >= 11 is 7.87. The average Bonchev–Trinajstić information content (AvgIpc) is 3.27. The lowest BCUT2D eigenvalue weighted by Gasteiger charge is -2.37. The molecule has 3 rings (SSSR count). The third-order valence-corrected chi connectivity index (χ3v) is 7.41. The molecule has 0 saturated heterocycles. The Labute approximate surface area is 211 Å². The number of nitrogens with zero attached hydrogens (tertiary/aromatic N) is 2. The van der Waals surface area contributed by atoms with E-state index in [0.29, 0.717) is 44.2 Å². The lowest BCUT2D eigenvalue weighted by atomic mass is 10.00. The van der Waals surface area contributed by atoms with Crippen LogP contribution in [0.15, 0.2) is 29.6 Å². The number of carbonyl (C=O) groups excluding carboxylic acids is 2. The van der Waals surface area contributed by atoms with Gasteiger partial charge in [-0.25, -0.2) is 0 Å². The molecule has 1 aliphatic rings. The number of halogens is 1. The molecule has 0 bridgehead atoms. The molecule has 8 heteroatoms. The second kappa shape index (κ2) is 12.6. The number of hydrogen-bond donors (Lipinski definition) is 0. The molecule has 34 heavy (non-hydrogen) atoms. The molecule has 2 aromatic rings. The van der Waals surface area contributed by atoms with E-state index in [9.17, 15) is 9.59 Å². The number of methoxy groups -OCH3 is 1. The molecule has 1 aromatic heterocycles. The number of amides is 2. The Kier molecular flexibility index (Phi) is 9.80. The number of benzene rings is 1. The van der Waals surface area contributed by atoms with E-state index in [2.05, 4.69) is 11.4 Å². The van der Waals surface area contributed by atoms with Gasteiger partial charge in [0.05, 0.1) is 12.6 Å². The third kappa shape index (κ3) is 6.96. The van der Waals surface area contributed by atoms with Crippen molar-refractivity contribution in [1.29, 1.82) is 0 Å². The number of carbonyl (C=O) groups is 2. The fourth-order valence-electron chi connectivity index (χ4n) is 4.18. The Balaban J connectivity index is 1.75. The Hall–Kier alpha value is -2.09. The van der Waals surface area contributed by atoms with Gasteiger partial charge in [0.15, 0.2) is 0 Å². The topological polar surface area (TPSA) is 59.1 Å². The number of fused-ring (bicyclic) bond motifs is 1. The zero-order valence-corrected chi connectivity index (χ0v) is 22.1. The van der Waals surface area contributed by atoms with E-state index in [1.165, 1.54) is 4.88 Å². The third-order valence-electron chi connectivity index (χ3n) is 5.99. The largest absolute Gasteiger partial charge is 0.491 e. The van der Waals surface area contributed by atoms with Gasteiger partial charge in [-0.1, -0.05) is 25.4 Å². The van der Waals surface area contributed by atoms with Crippen LogP contribution in [0.4, 0.5) is 0 Å². The highest BCUT2D eigenvalue weighted by molar-refractivity contribution is 7.10. The van der Waals surface area contributed by atoms with Crippen LogP contribution in [0.25, 0.3) is 0 Å². The lowest BCUT2D eigenvalue weighted by Crippen LogP contribution is -2.48. The van der Waals surface area contributed by atoms with E-state index < -0.39 is 0 Å². The molecule has 0 spiro atoms. The summed E-state index contributed by atoms with van der Waals surface area (Å²) in [6.45, 7) is 8.07. The smallest absolute Gasteiger partial charge is 0.242 e. The van der Waals surface area contributed by atoms with Crippen molar-refractivity contribution in [3.8, 4) is 5.75 Å². The minimum Gasteiger partial charge on any atom is -0.491 e. The van der Waals surface area contributed by atoms with Crippen molar-refractivity contribution in [2.75, 3.05) is 40.0 Å². The highest BCUT2D eigenvalue weighted by atomic mass is 35.5. The van der Waals surface area contributed by atoms with Crippen molar-refractivity contribution >= 4 is 34.8 Å². The normalized spacial score (nSPS) is 15.4. The van der Waals surface area contributed by atoms with Crippen LogP contribution in [0.2, 0.25) is 5.02 Å². The standard InChI is InChI=1S/C26H35ClN2O4S/c1-18(2)14-25(30)28(10-5-12-32-4)16-26(31)29-11-8-24-21(9-13-34-24)23(29)17-33-20-6-7-22(27)19(3)15-20/h6-7,9,13,15,18,23H,5,8,10-12,14,16-17H2,1-4H3/t23-/m1/s1. The molecule has 2 amide bonds. The van der Waals surface area contributed by atoms with Crippen LogP contribution in [0.1, 0.15) is 48.7 Å². The molecule has 6 nitrogen and oxygen atoms in total. The minimum absolute atomic E-state index is 0.0112. The Bertz CT molecular complexity index is 977. The van der Waals surface area contributed by atoms with Crippen LogP contribution in [-0.4, -0.2) is 61.6 Å². The molecule has 0 aliphatic carbocycles. The van der Waals surface area contributed by atoms with E-state index in [-0.39, 0.29) is 30.3 Å². The number of ether oxygens (including phenoxy) is 2. The maximum absolute atomic E-state index is 13.5. The fraction of sp³-hybridized carbons (Fsp3) is 0.538. The van der Waals surface area contributed by atoms with Gasteiger partial charge in [-0.2, -0.15) is 0 Å². The Morgan fingerprint density at radius 3 is 2.79 bits per heavy atom. The van der Waals surface area contributed by atoms with Gasteiger partial charge < -0.3 is 19.3 Å². The minimum atomic E-state index is -0.195. The van der Waals surface area contributed by atoms with Crippen molar-refractivity contribution in [3.63, 3.8) is 0 Å². The van der Waals surface area contributed by atoms with Crippen LogP contribution in [0.5, 0.6) is 5.75 Å². The fourth-order valence-corrected chi connectivity index (χ4v) is 5.23. The molecule has 1 aliphatic heterocycles. The van der Waals surface area contributed by atoms with Crippen LogP contribution in [0.3, 0.4) is 0 Å². The summed E-state index contributed by atoms with van der Waals surface area (Å²) < 4.78 is 11.3. The number of aryl methyl sites for hydroxylation is 1. The molecule has 1 aromatic carbocycles. The molecule has 0 saturated carbocycles. The van der Waals surface area contributed by atoms with Crippen molar-refractivity contribution in [2.24, 2.45) is 5.92 Å². The van der Waals surface area contributed by atoms with Crippen molar-refractivity contribution in [2.45, 2.75) is 46.1 Å². The molecular formula is C26H35ClN2O4S. The monoisotopic (exact) mass is 506 g/mol. The predicted molar refractivity (Wildman–Crippen MR) is 137 cm³/mol. The van der Waals surface area contributed by atoms with Gasteiger partial charge in [-0.3, -0.25) is 9.59 Å². The van der Waals surface area contributed by atoms with E-state index >= 15 is 0 Å². The van der Waals surface area contributed by atoms with Gasteiger partial charge in [-0.15, -0.1) is 11.3 Å². The summed E-state index contributed by atoms with van der Waals surface area (Å²) in [7, 11) is 1.64. The van der Waals surface area contributed by atoms with Crippen molar-refractivity contribution in [1.82, 2.24) is 9.80 Å². The van der Waals surface area contributed by atoms with Gasteiger partial charge in [-0.05, 0) is 66.5 Å². The first-order valence-electron chi connectivity index (χ1n) is 11.8. The number of hydrogen-bond acceptors (Lipinski definition) is 5. The van der Waals surface area contributed by atoms with Gasteiger partial charge >= 0.3 is 0 Å². The van der Waals surface area contributed by atoms with Crippen LogP contribution >= 0.6 is 22.9 Å². The highest BCUT2D eigenvalue weighted by Crippen LogP contribution is 2.34. The van der Waals surface area contributed by atoms with E-state index in [4.69, 9.17) is 21.1 Å². The van der Waals surface area contributed by atoms with Crippen LogP contribution in [-0.2, 0) is 20.7 Å². The molecule has 186 valence electrons.